The number of pyridine rings is 1. The zero-order valence-electron chi connectivity index (χ0n) is 19.4. The number of benzene rings is 2. The topological polar surface area (TPSA) is 53.5 Å². The van der Waals surface area contributed by atoms with E-state index in [4.69, 9.17) is 0 Å². The molecule has 2 aromatic carbocycles. The number of carbonyl (C=O) groups excluding carboxylic acids is 2. The van der Waals surface area contributed by atoms with E-state index in [-0.39, 0.29) is 23.8 Å². The van der Waals surface area contributed by atoms with E-state index in [1.54, 1.807) is 12.3 Å². The zero-order chi connectivity index (χ0) is 23.3. The molecular formula is C29H31N3O2. The molecule has 0 unspecified atom stereocenters. The van der Waals surface area contributed by atoms with E-state index in [0.29, 0.717) is 31.1 Å². The Morgan fingerprint density at radius 1 is 0.912 bits per heavy atom. The van der Waals surface area contributed by atoms with E-state index in [2.05, 4.69) is 58.4 Å². The number of nitrogens with zero attached hydrogens (tertiary/aromatic N) is 3. The smallest absolute Gasteiger partial charge is 0.272 e. The van der Waals surface area contributed by atoms with E-state index in [9.17, 15) is 9.59 Å². The molecule has 5 heteroatoms. The van der Waals surface area contributed by atoms with Gasteiger partial charge in [0.1, 0.15) is 5.69 Å². The fourth-order valence-corrected chi connectivity index (χ4v) is 5.64. The number of aromatic nitrogens is 1. The van der Waals surface area contributed by atoms with Gasteiger partial charge in [0.2, 0.25) is 5.91 Å². The summed E-state index contributed by atoms with van der Waals surface area (Å²) in [5, 5.41) is 0. The normalized spacial score (nSPS) is 20.3. The van der Waals surface area contributed by atoms with E-state index in [1.165, 1.54) is 11.1 Å². The van der Waals surface area contributed by atoms with Crippen LogP contribution in [0.15, 0.2) is 85.1 Å². The van der Waals surface area contributed by atoms with Crippen molar-refractivity contribution in [2.45, 2.75) is 37.6 Å². The van der Waals surface area contributed by atoms with Crippen molar-refractivity contribution in [1.29, 1.82) is 0 Å². The monoisotopic (exact) mass is 453 g/mol. The maximum Gasteiger partial charge on any atom is 0.272 e. The second-order valence-electron chi connectivity index (χ2n) is 9.37. The molecule has 3 aromatic rings. The van der Waals surface area contributed by atoms with Gasteiger partial charge in [-0.25, -0.2) is 0 Å². The molecule has 2 atom stereocenters. The Kier molecular flexibility index (Phi) is 6.70. The molecular weight excluding hydrogens is 422 g/mol. The minimum atomic E-state index is -0.00396. The predicted molar refractivity (Wildman–Crippen MR) is 132 cm³/mol. The summed E-state index contributed by atoms with van der Waals surface area (Å²) in [5.41, 5.74) is 3.06. The molecule has 174 valence electrons. The summed E-state index contributed by atoms with van der Waals surface area (Å²) in [7, 11) is 0. The second kappa shape index (κ2) is 10.2. The Balaban J connectivity index is 1.29. The molecule has 2 saturated heterocycles. The minimum Gasteiger partial charge on any atom is -0.339 e. The van der Waals surface area contributed by atoms with Gasteiger partial charge in [0.05, 0.1) is 0 Å². The number of piperidine rings is 2. The lowest BCUT2D eigenvalue weighted by Crippen LogP contribution is -2.57. The van der Waals surface area contributed by atoms with Crippen LogP contribution < -0.4 is 0 Å². The molecule has 0 bridgehead atoms. The lowest BCUT2D eigenvalue weighted by Gasteiger charge is -2.47. The number of carbonyl (C=O) groups is 2. The third kappa shape index (κ3) is 4.74. The first-order chi connectivity index (χ1) is 16.7. The number of amides is 2. The Bertz CT molecular complexity index is 1060. The molecule has 0 aliphatic carbocycles. The third-order valence-corrected chi connectivity index (χ3v) is 7.38. The van der Waals surface area contributed by atoms with Crippen LogP contribution in [0, 0.1) is 5.92 Å². The van der Waals surface area contributed by atoms with E-state index >= 15 is 0 Å². The Morgan fingerprint density at radius 3 is 2.24 bits per heavy atom. The standard InChI is InChI=1S/C29H31N3O2/c33-28-15-14-24-21-31(29(34)26-13-7-8-18-30-26)19-17-27(24)32(28)20-16-25(22-9-3-1-4-10-22)23-11-5-2-6-12-23/h1-13,18,24-25,27H,14-17,19-21H2/t24-,27+/m1/s1. The molecule has 5 nitrogen and oxygen atoms in total. The fourth-order valence-electron chi connectivity index (χ4n) is 5.64. The van der Waals surface area contributed by atoms with Gasteiger partial charge in [-0.1, -0.05) is 66.7 Å². The second-order valence-corrected chi connectivity index (χ2v) is 9.37. The Labute approximate surface area is 201 Å². The van der Waals surface area contributed by atoms with Crippen molar-refractivity contribution in [2.75, 3.05) is 19.6 Å². The minimum absolute atomic E-state index is 0.00396. The summed E-state index contributed by atoms with van der Waals surface area (Å²) >= 11 is 0. The highest BCUT2D eigenvalue weighted by Gasteiger charge is 2.40. The van der Waals surface area contributed by atoms with Gasteiger partial charge in [-0.2, -0.15) is 0 Å². The van der Waals surface area contributed by atoms with Crippen molar-refractivity contribution < 1.29 is 9.59 Å². The van der Waals surface area contributed by atoms with Crippen LogP contribution in [0.25, 0.3) is 0 Å². The van der Waals surface area contributed by atoms with Crippen molar-refractivity contribution >= 4 is 11.8 Å². The zero-order valence-corrected chi connectivity index (χ0v) is 19.4. The Hall–Kier alpha value is -3.47. The van der Waals surface area contributed by atoms with Crippen LogP contribution in [0.2, 0.25) is 0 Å². The average molecular weight is 454 g/mol. The van der Waals surface area contributed by atoms with E-state index < -0.39 is 0 Å². The van der Waals surface area contributed by atoms with Crippen LogP contribution in [0.5, 0.6) is 0 Å². The number of fused-ring (bicyclic) bond motifs is 1. The van der Waals surface area contributed by atoms with E-state index in [1.807, 2.05) is 29.2 Å². The largest absolute Gasteiger partial charge is 0.339 e. The van der Waals surface area contributed by atoms with E-state index in [0.717, 1.165) is 25.8 Å². The van der Waals surface area contributed by atoms with Gasteiger partial charge >= 0.3 is 0 Å². The number of rotatable bonds is 6. The molecule has 2 fully saturated rings. The number of hydrogen-bond acceptors (Lipinski definition) is 3. The number of hydrogen-bond donors (Lipinski definition) is 0. The molecule has 1 aromatic heterocycles. The van der Waals surface area contributed by atoms with Gasteiger partial charge in [-0.15, -0.1) is 0 Å². The first kappa shape index (κ1) is 22.3. The predicted octanol–water partition coefficient (Wildman–Crippen LogP) is 4.76. The van der Waals surface area contributed by atoms with Gasteiger partial charge in [0, 0.05) is 44.2 Å². The number of likely N-dealkylation sites (tertiary alicyclic amines) is 2. The molecule has 3 heterocycles. The van der Waals surface area contributed by atoms with Crippen LogP contribution in [0.3, 0.4) is 0 Å². The summed E-state index contributed by atoms with van der Waals surface area (Å²) < 4.78 is 0. The van der Waals surface area contributed by atoms with Gasteiger partial charge in [-0.3, -0.25) is 14.6 Å². The molecule has 2 aliphatic rings. The first-order valence-corrected chi connectivity index (χ1v) is 12.3. The summed E-state index contributed by atoms with van der Waals surface area (Å²) in [5.74, 6) is 0.828. The maximum absolute atomic E-state index is 13.0. The molecule has 0 N–H and O–H groups in total. The van der Waals surface area contributed by atoms with Gasteiger partial charge in [0.25, 0.3) is 5.91 Å². The molecule has 2 aliphatic heterocycles. The lowest BCUT2D eigenvalue weighted by atomic mass is 9.82. The molecule has 2 amide bonds. The molecule has 34 heavy (non-hydrogen) atoms. The van der Waals surface area contributed by atoms with Gasteiger partial charge < -0.3 is 9.80 Å². The SMILES string of the molecule is O=C(c1ccccn1)N1CC[C@H]2[C@H](CCC(=O)N2CCC(c2ccccc2)c2ccccc2)C1. The van der Waals surface area contributed by atoms with Crippen LogP contribution >= 0.6 is 0 Å². The summed E-state index contributed by atoms with van der Waals surface area (Å²) in [6.07, 6.45) is 4.80. The average Bonchev–Trinajstić information content (AvgIpc) is 2.91. The van der Waals surface area contributed by atoms with Gasteiger partial charge in [0.15, 0.2) is 0 Å². The van der Waals surface area contributed by atoms with Crippen molar-refractivity contribution in [3.8, 4) is 0 Å². The third-order valence-electron chi connectivity index (χ3n) is 7.38. The first-order valence-electron chi connectivity index (χ1n) is 12.3. The highest BCUT2D eigenvalue weighted by Crippen LogP contribution is 2.34. The molecule has 0 spiro atoms. The Morgan fingerprint density at radius 2 is 1.59 bits per heavy atom. The summed E-state index contributed by atoms with van der Waals surface area (Å²) in [6.45, 7) is 2.11. The molecule has 0 saturated carbocycles. The molecule has 0 radical (unpaired) electrons. The van der Waals surface area contributed by atoms with Crippen LogP contribution in [-0.2, 0) is 4.79 Å². The van der Waals surface area contributed by atoms with Crippen LogP contribution in [0.4, 0.5) is 0 Å². The van der Waals surface area contributed by atoms with Crippen molar-refractivity contribution in [2.24, 2.45) is 5.92 Å². The van der Waals surface area contributed by atoms with Gasteiger partial charge in [-0.05, 0) is 48.4 Å². The van der Waals surface area contributed by atoms with Crippen molar-refractivity contribution in [3.05, 3.63) is 102 Å². The van der Waals surface area contributed by atoms with Crippen molar-refractivity contribution in [3.63, 3.8) is 0 Å². The van der Waals surface area contributed by atoms with Crippen LogP contribution in [0.1, 0.15) is 53.2 Å². The highest BCUT2D eigenvalue weighted by atomic mass is 16.2. The quantitative estimate of drug-likeness (QED) is 0.541. The summed E-state index contributed by atoms with van der Waals surface area (Å²) in [4.78, 5) is 34.2. The van der Waals surface area contributed by atoms with Crippen LogP contribution in [-0.4, -0.2) is 52.3 Å². The summed E-state index contributed by atoms with van der Waals surface area (Å²) in [6, 6.07) is 26.8. The highest BCUT2D eigenvalue weighted by molar-refractivity contribution is 5.92. The fraction of sp³-hybridized carbons (Fsp3) is 0.345. The molecule has 5 rings (SSSR count). The van der Waals surface area contributed by atoms with Crippen molar-refractivity contribution in [1.82, 2.24) is 14.8 Å². The maximum atomic E-state index is 13.0. The lowest BCUT2D eigenvalue weighted by molar-refractivity contribution is -0.140.